The Morgan fingerprint density at radius 2 is 2.00 bits per heavy atom. The van der Waals surface area contributed by atoms with Crippen LogP contribution >= 0.6 is 11.6 Å². The fraction of sp³-hybridized carbons (Fsp3) is 0.231. The number of aryl methyl sites for hydroxylation is 1. The Morgan fingerprint density at radius 1 is 1.35 bits per heavy atom. The van der Waals surface area contributed by atoms with Gasteiger partial charge in [0.05, 0.1) is 17.1 Å². The first kappa shape index (κ1) is 11.9. The molecule has 1 aromatic carbocycles. The molecule has 2 aromatic rings. The molecule has 2 rings (SSSR count). The lowest BCUT2D eigenvalue weighted by molar-refractivity contribution is -0.138. The molecule has 1 heterocycles. The van der Waals surface area contributed by atoms with E-state index in [9.17, 15) is 4.79 Å². The highest BCUT2D eigenvalue weighted by Gasteiger charge is 2.16. The Balaban J connectivity index is 2.64. The van der Waals surface area contributed by atoms with E-state index in [0.29, 0.717) is 10.7 Å². The lowest BCUT2D eigenvalue weighted by Crippen LogP contribution is -2.09. The van der Waals surface area contributed by atoms with Crippen molar-refractivity contribution in [3.8, 4) is 0 Å². The van der Waals surface area contributed by atoms with E-state index < -0.39 is 11.9 Å². The first-order chi connectivity index (χ1) is 8.00. The van der Waals surface area contributed by atoms with Crippen molar-refractivity contribution in [2.24, 2.45) is 0 Å². The van der Waals surface area contributed by atoms with Gasteiger partial charge in [0.25, 0.3) is 0 Å². The van der Waals surface area contributed by atoms with Crippen molar-refractivity contribution in [2.75, 3.05) is 0 Å². The highest BCUT2D eigenvalue weighted by Crippen LogP contribution is 2.25. The Bertz CT molecular complexity index is 595. The van der Waals surface area contributed by atoms with Crippen LogP contribution in [0.15, 0.2) is 24.3 Å². The van der Waals surface area contributed by atoms with E-state index >= 15 is 0 Å². The molecule has 4 heteroatoms. The van der Waals surface area contributed by atoms with Gasteiger partial charge in [-0.1, -0.05) is 23.7 Å². The molecule has 0 radical (unpaired) electrons. The number of aliphatic carboxylic acids is 1. The van der Waals surface area contributed by atoms with Crippen molar-refractivity contribution in [1.29, 1.82) is 0 Å². The van der Waals surface area contributed by atoms with Crippen molar-refractivity contribution in [3.63, 3.8) is 0 Å². The molecule has 3 nitrogen and oxygen atoms in total. The summed E-state index contributed by atoms with van der Waals surface area (Å²) in [6.07, 6.45) is 0. The van der Waals surface area contributed by atoms with E-state index in [1.54, 1.807) is 13.0 Å². The van der Waals surface area contributed by atoms with E-state index in [0.717, 1.165) is 16.5 Å². The number of fused-ring (bicyclic) bond motifs is 1. The second-order valence-electron chi connectivity index (χ2n) is 4.04. The normalized spacial score (nSPS) is 12.6. The number of nitrogens with zero attached hydrogens (tertiary/aromatic N) is 1. The number of benzene rings is 1. The minimum atomic E-state index is -0.878. The lowest BCUT2D eigenvalue weighted by Gasteiger charge is -2.09. The van der Waals surface area contributed by atoms with Gasteiger partial charge in [0.2, 0.25) is 0 Å². The molecule has 1 aromatic heterocycles. The topological polar surface area (TPSA) is 50.2 Å². The first-order valence-corrected chi connectivity index (χ1v) is 5.67. The number of pyridine rings is 1. The average molecular weight is 250 g/mol. The minimum absolute atomic E-state index is 0.551. The Labute approximate surface area is 104 Å². The molecule has 0 aliphatic rings. The van der Waals surface area contributed by atoms with Gasteiger partial charge in [-0.05, 0) is 31.5 Å². The summed E-state index contributed by atoms with van der Waals surface area (Å²) >= 11 is 6.03. The number of carboxylic acid groups (broad SMARTS) is 1. The van der Waals surface area contributed by atoms with Gasteiger partial charge in [0, 0.05) is 10.4 Å². The van der Waals surface area contributed by atoms with Crippen LogP contribution in [-0.4, -0.2) is 16.1 Å². The van der Waals surface area contributed by atoms with Gasteiger partial charge in [-0.3, -0.25) is 9.78 Å². The summed E-state index contributed by atoms with van der Waals surface area (Å²) in [4.78, 5) is 15.3. The molecule has 88 valence electrons. The molecule has 0 amide bonds. The van der Waals surface area contributed by atoms with E-state index in [2.05, 4.69) is 4.98 Å². The summed E-state index contributed by atoms with van der Waals surface area (Å²) in [6, 6.07) is 7.32. The van der Waals surface area contributed by atoms with E-state index in [4.69, 9.17) is 16.7 Å². The predicted octanol–water partition coefficient (Wildman–Crippen LogP) is 3.38. The molecule has 0 bridgehead atoms. The van der Waals surface area contributed by atoms with Crippen LogP contribution in [0.3, 0.4) is 0 Å². The third kappa shape index (κ3) is 2.11. The van der Waals surface area contributed by atoms with Gasteiger partial charge >= 0.3 is 5.97 Å². The zero-order chi connectivity index (χ0) is 12.6. The molecule has 1 atom stereocenters. The second kappa shape index (κ2) is 4.34. The molecular weight excluding hydrogens is 238 g/mol. The summed E-state index contributed by atoms with van der Waals surface area (Å²) < 4.78 is 0. The monoisotopic (exact) mass is 249 g/mol. The Morgan fingerprint density at radius 3 is 2.65 bits per heavy atom. The van der Waals surface area contributed by atoms with Crippen LogP contribution in [0.2, 0.25) is 5.02 Å². The van der Waals surface area contributed by atoms with Crippen LogP contribution < -0.4 is 0 Å². The number of halogens is 1. The lowest BCUT2D eigenvalue weighted by atomic mass is 10.0. The molecule has 1 unspecified atom stereocenters. The van der Waals surface area contributed by atoms with Crippen LogP contribution in [0, 0.1) is 6.92 Å². The minimum Gasteiger partial charge on any atom is -0.481 e. The van der Waals surface area contributed by atoms with E-state index in [1.165, 1.54) is 0 Å². The number of carboxylic acids is 1. The summed E-state index contributed by atoms with van der Waals surface area (Å²) in [7, 11) is 0. The zero-order valence-corrected chi connectivity index (χ0v) is 10.3. The summed E-state index contributed by atoms with van der Waals surface area (Å²) in [5, 5.41) is 10.6. The summed E-state index contributed by atoms with van der Waals surface area (Å²) in [6.45, 7) is 3.50. The second-order valence-corrected chi connectivity index (χ2v) is 4.45. The molecule has 0 aliphatic carbocycles. The molecule has 0 saturated carbocycles. The number of rotatable bonds is 2. The predicted molar refractivity (Wildman–Crippen MR) is 67.5 cm³/mol. The maximum absolute atomic E-state index is 10.9. The standard InChI is InChI=1S/C13H12ClNO2/c1-7-10(14)5-3-9-4-6-11(15-12(7)9)8(2)13(16)17/h3-6,8H,1-2H3,(H,16,17). The molecular formula is C13H12ClNO2. The molecule has 0 saturated heterocycles. The molecule has 0 aliphatic heterocycles. The largest absolute Gasteiger partial charge is 0.481 e. The fourth-order valence-electron chi connectivity index (χ4n) is 1.69. The third-order valence-corrected chi connectivity index (χ3v) is 3.29. The van der Waals surface area contributed by atoms with Gasteiger partial charge in [0.15, 0.2) is 0 Å². The Hall–Kier alpha value is -1.61. The average Bonchev–Trinajstić information content (AvgIpc) is 2.32. The van der Waals surface area contributed by atoms with Crippen LogP contribution in [0.25, 0.3) is 10.9 Å². The summed E-state index contributed by atoms with van der Waals surface area (Å²) in [5.74, 6) is -1.49. The van der Waals surface area contributed by atoms with E-state index in [-0.39, 0.29) is 0 Å². The van der Waals surface area contributed by atoms with E-state index in [1.807, 2.05) is 25.1 Å². The van der Waals surface area contributed by atoms with Crippen molar-refractivity contribution in [2.45, 2.75) is 19.8 Å². The maximum Gasteiger partial charge on any atom is 0.312 e. The van der Waals surface area contributed by atoms with Gasteiger partial charge in [0.1, 0.15) is 0 Å². The number of hydrogen-bond acceptors (Lipinski definition) is 2. The van der Waals surface area contributed by atoms with Crippen molar-refractivity contribution >= 4 is 28.5 Å². The fourth-order valence-corrected chi connectivity index (χ4v) is 1.84. The highest BCUT2D eigenvalue weighted by atomic mass is 35.5. The quantitative estimate of drug-likeness (QED) is 0.888. The van der Waals surface area contributed by atoms with Crippen molar-refractivity contribution in [3.05, 3.63) is 40.5 Å². The highest BCUT2D eigenvalue weighted by molar-refractivity contribution is 6.32. The molecule has 1 N–H and O–H groups in total. The number of carbonyl (C=O) groups is 1. The van der Waals surface area contributed by atoms with Gasteiger partial charge < -0.3 is 5.11 Å². The van der Waals surface area contributed by atoms with Crippen molar-refractivity contribution < 1.29 is 9.90 Å². The van der Waals surface area contributed by atoms with Crippen LogP contribution in [0.5, 0.6) is 0 Å². The zero-order valence-electron chi connectivity index (χ0n) is 9.57. The smallest absolute Gasteiger partial charge is 0.312 e. The van der Waals surface area contributed by atoms with Crippen molar-refractivity contribution in [1.82, 2.24) is 4.98 Å². The SMILES string of the molecule is Cc1c(Cl)ccc2ccc(C(C)C(=O)O)nc12. The van der Waals surface area contributed by atoms with Crippen LogP contribution in [0.4, 0.5) is 0 Å². The van der Waals surface area contributed by atoms with Gasteiger partial charge in [-0.15, -0.1) is 0 Å². The number of hydrogen-bond donors (Lipinski definition) is 1. The van der Waals surface area contributed by atoms with Crippen LogP contribution in [-0.2, 0) is 4.79 Å². The molecule has 0 fully saturated rings. The molecule has 17 heavy (non-hydrogen) atoms. The first-order valence-electron chi connectivity index (χ1n) is 5.29. The third-order valence-electron chi connectivity index (χ3n) is 2.88. The Kier molecular flexibility index (Phi) is 3.03. The molecule has 0 spiro atoms. The van der Waals surface area contributed by atoms with Gasteiger partial charge in [-0.2, -0.15) is 0 Å². The maximum atomic E-state index is 10.9. The van der Waals surface area contributed by atoms with Gasteiger partial charge in [-0.25, -0.2) is 0 Å². The number of aromatic nitrogens is 1. The summed E-state index contributed by atoms with van der Waals surface area (Å²) in [5.41, 5.74) is 2.20. The van der Waals surface area contributed by atoms with Crippen LogP contribution in [0.1, 0.15) is 24.1 Å².